The van der Waals surface area contributed by atoms with E-state index in [1.165, 1.54) is 12.4 Å². The summed E-state index contributed by atoms with van der Waals surface area (Å²) in [7, 11) is 0. The monoisotopic (exact) mass is 349 g/mol. The second-order valence-electron chi connectivity index (χ2n) is 6.60. The van der Waals surface area contributed by atoms with Crippen LogP contribution in [0.1, 0.15) is 41.4 Å². The van der Waals surface area contributed by atoms with Gasteiger partial charge in [0.1, 0.15) is 12.1 Å². The Hall–Kier alpha value is -3.08. The molecule has 0 atom stereocenters. The van der Waals surface area contributed by atoms with Gasteiger partial charge >= 0.3 is 0 Å². The number of aromatic nitrogens is 2. The van der Waals surface area contributed by atoms with Gasteiger partial charge in [-0.3, -0.25) is 4.79 Å². The number of benzene rings is 2. The van der Waals surface area contributed by atoms with Crippen LogP contribution in [0.4, 0.5) is 4.39 Å². The molecule has 0 fully saturated rings. The lowest BCUT2D eigenvalue weighted by Gasteiger charge is -2.14. The molecule has 0 unspecified atom stereocenters. The lowest BCUT2D eigenvalue weighted by molar-refractivity contribution is 0.100. The van der Waals surface area contributed by atoms with Gasteiger partial charge < -0.3 is 5.73 Å². The molecule has 3 aromatic rings. The maximum atomic E-state index is 13.6. The predicted octanol–water partition coefficient (Wildman–Crippen LogP) is 4.48. The van der Waals surface area contributed by atoms with Crippen LogP contribution in [0.3, 0.4) is 0 Å². The third-order valence-corrected chi connectivity index (χ3v) is 4.31. The molecule has 132 valence electrons. The molecule has 0 aliphatic carbocycles. The van der Waals surface area contributed by atoms with Crippen molar-refractivity contribution in [1.29, 1.82) is 0 Å². The van der Waals surface area contributed by atoms with Crippen molar-refractivity contribution in [3.63, 3.8) is 0 Å². The van der Waals surface area contributed by atoms with E-state index in [0.29, 0.717) is 11.1 Å². The number of nitrogens with zero attached hydrogens (tertiary/aromatic N) is 2. The summed E-state index contributed by atoms with van der Waals surface area (Å²) in [6.45, 7) is 5.81. The van der Waals surface area contributed by atoms with E-state index < -0.39 is 5.91 Å². The molecule has 4 nitrogen and oxygen atoms in total. The average Bonchev–Trinajstić information content (AvgIpc) is 2.63. The number of carbonyl (C=O) groups excluding carboxylic acids is 1. The topological polar surface area (TPSA) is 68.9 Å². The van der Waals surface area contributed by atoms with Crippen molar-refractivity contribution in [2.24, 2.45) is 5.73 Å². The van der Waals surface area contributed by atoms with Crippen LogP contribution in [0.15, 0.2) is 48.9 Å². The van der Waals surface area contributed by atoms with Crippen LogP contribution < -0.4 is 5.73 Å². The predicted molar refractivity (Wildman–Crippen MR) is 100 cm³/mol. The fourth-order valence-electron chi connectivity index (χ4n) is 2.94. The average molecular weight is 349 g/mol. The van der Waals surface area contributed by atoms with Gasteiger partial charge in [-0.25, -0.2) is 14.4 Å². The van der Waals surface area contributed by atoms with Crippen LogP contribution >= 0.6 is 0 Å². The molecule has 0 saturated heterocycles. The SMILES string of the molecule is Cc1cc(-c2cc(C(N)=O)cc(-c3cncnc3C(C)C)c2)ccc1F. The first-order valence-corrected chi connectivity index (χ1v) is 8.38. The number of hydrogen-bond donors (Lipinski definition) is 1. The summed E-state index contributed by atoms with van der Waals surface area (Å²) < 4.78 is 13.6. The summed E-state index contributed by atoms with van der Waals surface area (Å²) in [6.07, 6.45) is 3.25. The highest BCUT2D eigenvalue weighted by molar-refractivity contribution is 5.96. The molecule has 2 N–H and O–H groups in total. The molecule has 0 radical (unpaired) electrons. The Kier molecular flexibility index (Phi) is 4.80. The van der Waals surface area contributed by atoms with Crippen molar-refractivity contribution in [1.82, 2.24) is 9.97 Å². The van der Waals surface area contributed by atoms with Crippen molar-refractivity contribution < 1.29 is 9.18 Å². The number of nitrogens with two attached hydrogens (primary N) is 1. The van der Waals surface area contributed by atoms with Gasteiger partial charge in [0, 0.05) is 17.3 Å². The molecule has 26 heavy (non-hydrogen) atoms. The molecular weight excluding hydrogens is 329 g/mol. The summed E-state index contributed by atoms with van der Waals surface area (Å²) in [6, 6.07) is 10.3. The van der Waals surface area contributed by atoms with Gasteiger partial charge in [-0.05, 0) is 65.4 Å². The highest BCUT2D eigenvalue weighted by Gasteiger charge is 2.14. The standard InChI is InChI=1S/C21H20FN3O/c1-12(2)20-18(10-24-11-25-20)16-7-15(8-17(9-16)21(23)26)14-4-5-19(22)13(3)6-14/h4-12H,1-3H3,(H2,23,26). The Bertz CT molecular complexity index is 983. The third kappa shape index (κ3) is 3.47. The molecule has 1 aromatic heterocycles. The minimum Gasteiger partial charge on any atom is -0.366 e. The minimum atomic E-state index is -0.519. The normalized spacial score (nSPS) is 11.0. The summed E-state index contributed by atoms with van der Waals surface area (Å²) in [5, 5.41) is 0. The van der Waals surface area contributed by atoms with Crippen LogP contribution in [0.5, 0.6) is 0 Å². The fourth-order valence-corrected chi connectivity index (χ4v) is 2.94. The second kappa shape index (κ2) is 7.04. The molecule has 2 aromatic carbocycles. The van der Waals surface area contributed by atoms with E-state index in [2.05, 4.69) is 9.97 Å². The quantitative estimate of drug-likeness (QED) is 0.755. The summed E-state index contributed by atoms with van der Waals surface area (Å²) in [5.41, 5.74) is 10.6. The minimum absolute atomic E-state index is 0.196. The summed E-state index contributed by atoms with van der Waals surface area (Å²) in [4.78, 5) is 20.3. The number of halogens is 1. The molecule has 1 amide bonds. The van der Waals surface area contributed by atoms with Crippen molar-refractivity contribution in [3.05, 3.63) is 71.6 Å². The zero-order chi connectivity index (χ0) is 18.8. The molecule has 1 heterocycles. The summed E-state index contributed by atoms with van der Waals surface area (Å²) >= 11 is 0. The van der Waals surface area contributed by atoms with E-state index in [1.807, 2.05) is 19.9 Å². The zero-order valence-corrected chi connectivity index (χ0v) is 15.0. The Morgan fingerprint density at radius 1 is 1.08 bits per heavy atom. The van der Waals surface area contributed by atoms with E-state index in [1.54, 1.807) is 37.4 Å². The van der Waals surface area contributed by atoms with E-state index >= 15 is 0 Å². The second-order valence-corrected chi connectivity index (χ2v) is 6.60. The lowest BCUT2D eigenvalue weighted by atomic mass is 9.93. The van der Waals surface area contributed by atoms with Crippen LogP contribution in [-0.4, -0.2) is 15.9 Å². The van der Waals surface area contributed by atoms with Gasteiger partial charge in [-0.2, -0.15) is 0 Å². The van der Waals surface area contributed by atoms with Gasteiger partial charge in [0.25, 0.3) is 0 Å². The highest BCUT2D eigenvalue weighted by atomic mass is 19.1. The highest BCUT2D eigenvalue weighted by Crippen LogP contribution is 2.32. The van der Waals surface area contributed by atoms with Gasteiger partial charge in [0.2, 0.25) is 5.91 Å². The number of carbonyl (C=O) groups is 1. The van der Waals surface area contributed by atoms with Crippen molar-refractivity contribution >= 4 is 5.91 Å². The van der Waals surface area contributed by atoms with Crippen LogP contribution in [0.25, 0.3) is 22.3 Å². The molecule has 5 heteroatoms. The number of aryl methyl sites for hydroxylation is 1. The first-order chi connectivity index (χ1) is 12.4. The van der Waals surface area contributed by atoms with E-state index in [0.717, 1.165) is 27.9 Å². The summed E-state index contributed by atoms with van der Waals surface area (Å²) in [5.74, 6) is -0.588. The maximum absolute atomic E-state index is 13.6. The molecule has 0 spiro atoms. The largest absolute Gasteiger partial charge is 0.366 e. The van der Waals surface area contributed by atoms with Crippen molar-refractivity contribution in [2.45, 2.75) is 26.7 Å². The third-order valence-electron chi connectivity index (χ3n) is 4.31. The lowest BCUT2D eigenvalue weighted by Crippen LogP contribution is -2.11. The van der Waals surface area contributed by atoms with Gasteiger partial charge in [0.05, 0.1) is 5.69 Å². The Morgan fingerprint density at radius 2 is 1.81 bits per heavy atom. The number of amides is 1. The fraction of sp³-hybridized carbons (Fsp3) is 0.190. The maximum Gasteiger partial charge on any atom is 0.248 e. The van der Waals surface area contributed by atoms with Gasteiger partial charge in [-0.1, -0.05) is 19.9 Å². The smallest absolute Gasteiger partial charge is 0.248 e. The van der Waals surface area contributed by atoms with E-state index in [4.69, 9.17) is 5.73 Å². The molecule has 0 aliphatic rings. The van der Waals surface area contributed by atoms with Crippen LogP contribution in [-0.2, 0) is 0 Å². The van der Waals surface area contributed by atoms with Crippen LogP contribution in [0.2, 0.25) is 0 Å². The van der Waals surface area contributed by atoms with E-state index in [-0.39, 0.29) is 11.7 Å². The zero-order valence-electron chi connectivity index (χ0n) is 15.0. The molecule has 0 saturated carbocycles. The van der Waals surface area contributed by atoms with Crippen LogP contribution in [0, 0.1) is 12.7 Å². The van der Waals surface area contributed by atoms with Gasteiger partial charge in [0.15, 0.2) is 0 Å². The molecule has 0 aliphatic heterocycles. The molecule has 0 bridgehead atoms. The molecular formula is C21H20FN3O. The Balaban J connectivity index is 2.23. The number of hydrogen-bond acceptors (Lipinski definition) is 3. The van der Waals surface area contributed by atoms with Crippen molar-refractivity contribution in [2.75, 3.05) is 0 Å². The van der Waals surface area contributed by atoms with E-state index in [9.17, 15) is 9.18 Å². The van der Waals surface area contributed by atoms with Crippen molar-refractivity contribution in [3.8, 4) is 22.3 Å². The Morgan fingerprint density at radius 3 is 2.46 bits per heavy atom. The molecule has 3 rings (SSSR count). The first kappa shape index (κ1) is 17.7. The van der Waals surface area contributed by atoms with Gasteiger partial charge in [-0.15, -0.1) is 0 Å². The number of primary amides is 1. The first-order valence-electron chi connectivity index (χ1n) is 8.38. The number of rotatable bonds is 4. The Labute approximate surface area is 151 Å².